The lowest BCUT2D eigenvalue weighted by Crippen LogP contribution is -2.21. The van der Waals surface area contributed by atoms with Gasteiger partial charge in [-0.1, -0.05) is 6.42 Å². The molecule has 0 amide bonds. The Bertz CT molecular complexity index is 23.6. The van der Waals surface area contributed by atoms with Crippen LogP contribution in [0.2, 0.25) is 0 Å². The maximum atomic E-state index is 3.28. The molecule has 0 unspecified atom stereocenters. The van der Waals surface area contributed by atoms with Crippen LogP contribution in [0.3, 0.4) is 0 Å². The van der Waals surface area contributed by atoms with E-state index in [0.29, 0.717) is 0 Å². The molecule has 2 heteroatoms. The molecule has 40 valence electrons. The summed E-state index contributed by atoms with van der Waals surface area (Å²) in [6.45, 7) is 2.50. The Balaban J connectivity index is 0.000000360. The van der Waals surface area contributed by atoms with Crippen molar-refractivity contribution >= 4 is 11.0 Å². The van der Waals surface area contributed by atoms with Crippen LogP contribution in [0.25, 0.3) is 0 Å². The van der Waals surface area contributed by atoms with Gasteiger partial charge in [0.2, 0.25) is 0 Å². The molecule has 0 aromatic rings. The third-order valence-electron chi connectivity index (χ3n) is 1.21. The third kappa shape index (κ3) is 2.82. The quantitative estimate of drug-likeness (QED) is 0.448. The van der Waals surface area contributed by atoms with Gasteiger partial charge in [0, 0.05) is 11.0 Å². The second kappa shape index (κ2) is 4.34. The number of hydrogen-bond acceptors (Lipinski definition) is 1. The highest BCUT2D eigenvalue weighted by molar-refractivity contribution is 5.75. The van der Waals surface area contributed by atoms with E-state index in [1.54, 1.807) is 0 Å². The SMILES string of the molecule is C1CCNCC1.[Si]. The molecule has 0 aromatic heterocycles. The van der Waals surface area contributed by atoms with Crippen molar-refractivity contribution in [2.24, 2.45) is 0 Å². The van der Waals surface area contributed by atoms with Gasteiger partial charge in [0.25, 0.3) is 0 Å². The van der Waals surface area contributed by atoms with E-state index in [2.05, 4.69) is 5.32 Å². The number of piperidine rings is 1. The fraction of sp³-hybridized carbons (Fsp3) is 1.00. The first kappa shape index (κ1) is 7.18. The molecular formula is C5H11NSi. The molecule has 0 aliphatic carbocycles. The van der Waals surface area contributed by atoms with Crippen molar-refractivity contribution in [1.82, 2.24) is 5.32 Å². The predicted molar refractivity (Wildman–Crippen MR) is 32.5 cm³/mol. The molecule has 0 atom stereocenters. The van der Waals surface area contributed by atoms with Crippen LogP contribution in [0.5, 0.6) is 0 Å². The molecule has 0 bridgehead atoms. The molecule has 1 fully saturated rings. The maximum Gasteiger partial charge on any atom is 0 e. The average molecular weight is 113 g/mol. The Morgan fingerprint density at radius 1 is 0.857 bits per heavy atom. The van der Waals surface area contributed by atoms with Gasteiger partial charge in [-0.15, -0.1) is 0 Å². The summed E-state index contributed by atoms with van der Waals surface area (Å²) >= 11 is 0. The zero-order chi connectivity index (χ0) is 4.24. The summed E-state index contributed by atoms with van der Waals surface area (Å²) in [5, 5.41) is 3.28. The van der Waals surface area contributed by atoms with Gasteiger partial charge in [-0.3, -0.25) is 0 Å². The minimum Gasteiger partial charge on any atom is -0.317 e. The molecule has 1 aliphatic heterocycles. The van der Waals surface area contributed by atoms with Gasteiger partial charge in [0.1, 0.15) is 0 Å². The zero-order valence-electron chi connectivity index (χ0n) is 4.54. The van der Waals surface area contributed by atoms with Crippen LogP contribution in [0.4, 0.5) is 0 Å². The smallest absolute Gasteiger partial charge is 0 e. The molecule has 0 saturated carbocycles. The molecule has 7 heavy (non-hydrogen) atoms. The minimum atomic E-state index is 0. The van der Waals surface area contributed by atoms with Crippen LogP contribution in [0.1, 0.15) is 19.3 Å². The molecule has 0 spiro atoms. The fourth-order valence-electron chi connectivity index (χ4n) is 0.802. The van der Waals surface area contributed by atoms with Crippen molar-refractivity contribution in [3.05, 3.63) is 0 Å². The van der Waals surface area contributed by atoms with Crippen LogP contribution in [0.15, 0.2) is 0 Å². The van der Waals surface area contributed by atoms with Crippen LogP contribution in [0, 0.1) is 0 Å². The van der Waals surface area contributed by atoms with Gasteiger partial charge in [0.15, 0.2) is 0 Å². The van der Waals surface area contributed by atoms with Gasteiger partial charge in [-0.25, -0.2) is 0 Å². The lowest BCUT2D eigenvalue weighted by molar-refractivity contribution is 0.520. The average Bonchev–Trinajstić information content (AvgIpc) is 1.72. The molecule has 1 heterocycles. The largest absolute Gasteiger partial charge is 0.317 e. The first-order valence-electron chi connectivity index (χ1n) is 2.71. The fourth-order valence-corrected chi connectivity index (χ4v) is 0.802. The van der Waals surface area contributed by atoms with Gasteiger partial charge in [-0.05, 0) is 25.9 Å². The summed E-state index contributed by atoms with van der Waals surface area (Å²) in [5.41, 5.74) is 0. The van der Waals surface area contributed by atoms with Gasteiger partial charge in [-0.2, -0.15) is 0 Å². The van der Waals surface area contributed by atoms with Gasteiger partial charge in [0.05, 0.1) is 0 Å². The Kier molecular flexibility index (Phi) is 4.45. The highest BCUT2D eigenvalue weighted by Gasteiger charge is 1.93. The monoisotopic (exact) mass is 113 g/mol. The molecule has 1 saturated heterocycles. The minimum absolute atomic E-state index is 0. The van der Waals surface area contributed by atoms with Crippen LogP contribution in [-0.4, -0.2) is 24.1 Å². The summed E-state index contributed by atoms with van der Waals surface area (Å²) in [4.78, 5) is 0. The van der Waals surface area contributed by atoms with E-state index in [-0.39, 0.29) is 11.0 Å². The van der Waals surface area contributed by atoms with Crippen LogP contribution >= 0.6 is 0 Å². The highest BCUT2D eigenvalue weighted by atomic mass is 28.1. The molecule has 4 radical (unpaired) electrons. The standard InChI is InChI=1S/C5H11N.Si/c1-2-4-6-5-3-1;/h6H,1-5H2;. The Morgan fingerprint density at radius 3 is 1.57 bits per heavy atom. The van der Waals surface area contributed by atoms with Crippen molar-refractivity contribution < 1.29 is 0 Å². The van der Waals surface area contributed by atoms with Crippen LogP contribution in [-0.2, 0) is 0 Å². The summed E-state index contributed by atoms with van der Waals surface area (Å²) in [6.07, 6.45) is 4.22. The normalized spacial score (nSPS) is 20.6. The van der Waals surface area contributed by atoms with E-state index in [4.69, 9.17) is 0 Å². The molecule has 0 aromatic carbocycles. The topological polar surface area (TPSA) is 12.0 Å². The maximum absolute atomic E-state index is 3.28. The number of rotatable bonds is 0. The molecule has 1 aliphatic rings. The van der Waals surface area contributed by atoms with E-state index in [1.165, 1.54) is 32.4 Å². The predicted octanol–water partition coefficient (Wildman–Crippen LogP) is 0.379. The Hall–Kier alpha value is 0.177. The van der Waals surface area contributed by atoms with Crippen molar-refractivity contribution in [2.75, 3.05) is 13.1 Å². The second-order valence-electron chi connectivity index (χ2n) is 1.81. The summed E-state index contributed by atoms with van der Waals surface area (Å²) in [5.74, 6) is 0. The lowest BCUT2D eigenvalue weighted by atomic mass is 10.2. The Morgan fingerprint density at radius 2 is 1.43 bits per heavy atom. The summed E-state index contributed by atoms with van der Waals surface area (Å²) in [6, 6.07) is 0. The van der Waals surface area contributed by atoms with Gasteiger partial charge < -0.3 is 5.32 Å². The zero-order valence-corrected chi connectivity index (χ0v) is 5.54. The molecule has 1 N–H and O–H groups in total. The number of nitrogens with one attached hydrogen (secondary N) is 1. The number of hydrogen-bond donors (Lipinski definition) is 1. The molecule has 1 nitrogen and oxygen atoms in total. The van der Waals surface area contributed by atoms with Crippen molar-refractivity contribution in [3.8, 4) is 0 Å². The van der Waals surface area contributed by atoms with Crippen molar-refractivity contribution in [3.63, 3.8) is 0 Å². The summed E-state index contributed by atoms with van der Waals surface area (Å²) in [7, 11) is 0. The van der Waals surface area contributed by atoms with Crippen molar-refractivity contribution in [1.29, 1.82) is 0 Å². The summed E-state index contributed by atoms with van der Waals surface area (Å²) < 4.78 is 0. The first-order valence-corrected chi connectivity index (χ1v) is 2.71. The Labute approximate surface area is 49.5 Å². The lowest BCUT2D eigenvalue weighted by Gasteiger charge is -2.08. The van der Waals surface area contributed by atoms with E-state index >= 15 is 0 Å². The second-order valence-corrected chi connectivity index (χ2v) is 1.81. The first-order chi connectivity index (χ1) is 3.00. The van der Waals surface area contributed by atoms with E-state index in [1.807, 2.05) is 0 Å². The van der Waals surface area contributed by atoms with E-state index < -0.39 is 0 Å². The molecule has 1 rings (SSSR count). The van der Waals surface area contributed by atoms with Gasteiger partial charge >= 0.3 is 0 Å². The van der Waals surface area contributed by atoms with E-state index in [9.17, 15) is 0 Å². The van der Waals surface area contributed by atoms with Crippen molar-refractivity contribution in [2.45, 2.75) is 19.3 Å². The van der Waals surface area contributed by atoms with E-state index in [0.717, 1.165) is 0 Å². The van der Waals surface area contributed by atoms with Crippen LogP contribution < -0.4 is 5.32 Å². The molecular weight excluding hydrogens is 102 g/mol. The third-order valence-corrected chi connectivity index (χ3v) is 1.21. The highest BCUT2D eigenvalue weighted by Crippen LogP contribution is 1.96.